The molecule has 0 unspecified atom stereocenters. The zero-order valence-corrected chi connectivity index (χ0v) is 26.0. The highest BCUT2D eigenvalue weighted by atomic mass is 35.5. The highest BCUT2D eigenvalue weighted by molar-refractivity contribution is 6.31. The van der Waals surface area contributed by atoms with E-state index in [9.17, 15) is 19.8 Å². The molecule has 0 fully saturated rings. The molecule has 0 saturated carbocycles. The molecule has 43 heavy (non-hydrogen) atoms. The Kier molecular flexibility index (Phi) is 10.5. The fourth-order valence-electron chi connectivity index (χ4n) is 6.31. The fourth-order valence-corrected chi connectivity index (χ4v) is 6.61. The number of carbonyl (C=O) groups is 2. The zero-order valence-electron chi connectivity index (χ0n) is 25.3. The standard InChI is InChI=1S/C35H40ClN3O4/c1-25-31(33(40)41)35(29-17-11-12-18-30(29)36,19-20-37(3)23-27-13-7-5-8-14-27)32(34(42)43)26(2)39(25)22-21-38(4)24-28-15-9-6-10-16-28/h5-18H,19-24H2,1-4H3,(H,40,41)(H,42,43). The van der Waals surface area contributed by atoms with Gasteiger partial charge in [-0.1, -0.05) is 90.5 Å². The highest BCUT2D eigenvalue weighted by Crippen LogP contribution is 2.51. The summed E-state index contributed by atoms with van der Waals surface area (Å²) in [6.07, 6.45) is 0.222. The van der Waals surface area contributed by atoms with Crippen molar-refractivity contribution in [1.82, 2.24) is 14.7 Å². The number of carboxylic acid groups (broad SMARTS) is 2. The van der Waals surface area contributed by atoms with Crippen molar-refractivity contribution in [2.24, 2.45) is 0 Å². The molecule has 1 aliphatic heterocycles. The number of nitrogens with zero attached hydrogens (tertiary/aromatic N) is 3. The number of allylic oxidation sites excluding steroid dienone is 2. The number of hydrogen-bond acceptors (Lipinski definition) is 5. The SMILES string of the molecule is CC1=C(C(=O)O)C(CCN(C)Cc2ccccc2)(c2ccccc2Cl)C(C(=O)O)=C(C)N1CCN(C)Cc1ccccc1. The van der Waals surface area contributed by atoms with Gasteiger partial charge in [0.15, 0.2) is 0 Å². The number of aliphatic carboxylic acids is 2. The average Bonchev–Trinajstić information content (AvgIpc) is 2.96. The van der Waals surface area contributed by atoms with Crippen LogP contribution < -0.4 is 0 Å². The molecular weight excluding hydrogens is 562 g/mol. The van der Waals surface area contributed by atoms with Crippen molar-refractivity contribution in [1.29, 1.82) is 0 Å². The maximum atomic E-state index is 13.2. The summed E-state index contributed by atoms with van der Waals surface area (Å²) in [5, 5.41) is 21.9. The van der Waals surface area contributed by atoms with Gasteiger partial charge in [-0.3, -0.25) is 0 Å². The van der Waals surface area contributed by atoms with Crippen LogP contribution >= 0.6 is 11.6 Å². The van der Waals surface area contributed by atoms with E-state index < -0.39 is 17.4 Å². The number of hydrogen-bond donors (Lipinski definition) is 2. The first kappa shape index (κ1) is 32.0. The van der Waals surface area contributed by atoms with E-state index in [1.165, 1.54) is 0 Å². The van der Waals surface area contributed by atoms with Crippen molar-refractivity contribution < 1.29 is 19.8 Å². The molecule has 1 heterocycles. The molecule has 0 bridgehead atoms. The number of benzene rings is 3. The van der Waals surface area contributed by atoms with Gasteiger partial charge < -0.3 is 24.9 Å². The zero-order chi connectivity index (χ0) is 31.1. The van der Waals surface area contributed by atoms with E-state index in [1.54, 1.807) is 38.1 Å². The molecule has 0 atom stereocenters. The molecule has 0 radical (unpaired) electrons. The third kappa shape index (κ3) is 7.02. The summed E-state index contributed by atoms with van der Waals surface area (Å²) >= 11 is 6.78. The van der Waals surface area contributed by atoms with Crippen molar-refractivity contribution in [2.75, 3.05) is 33.7 Å². The summed E-state index contributed by atoms with van der Waals surface area (Å²) < 4.78 is 0. The second kappa shape index (κ2) is 14.0. The van der Waals surface area contributed by atoms with Crippen LogP contribution in [0, 0.1) is 0 Å². The normalized spacial score (nSPS) is 15.0. The smallest absolute Gasteiger partial charge is 0.334 e. The Balaban J connectivity index is 1.77. The molecule has 0 spiro atoms. The lowest BCUT2D eigenvalue weighted by Crippen LogP contribution is -2.48. The van der Waals surface area contributed by atoms with Crippen molar-refractivity contribution >= 4 is 23.5 Å². The predicted molar refractivity (Wildman–Crippen MR) is 171 cm³/mol. The third-order valence-electron chi connectivity index (χ3n) is 8.31. The van der Waals surface area contributed by atoms with Crippen LogP contribution in [0.3, 0.4) is 0 Å². The van der Waals surface area contributed by atoms with Gasteiger partial charge >= 0.3 is 11.9 Å². The first-order valence-electron chi connectivity index (χ1n) is 14.4. The average molecular weight is 602 g/mol. The summed E-state index contributed by atoms with van der Waals surface area (Å²) in [4.78, 5) is 32.5. The summed E-state index contributed by atoms with van der Waals surface area (Å²) in [6, 6.07) is 27.1. The van der Waals surface area contributed by atoms with E-state index in [4.69, 9.17) is 11.6 Å². The highest BCUT2D eigenvalue weighted by Gasteiger charge is 2.52. The molecule has 0 saturated heterocycles. The minimum Gasteiger partial charge on any atom is -0.478 e. The van der Waals surface area contributed by atoms with Crippen LogP contribution in [0.2, 0.25) is 5.02 Å². The molecule has 3 aromatic rings. The number of halogens is 1. The molecule has 0 aromatic heterocycles. The topological polar surface area (TPSA) is 84.3 Å². The Bertz CT molecular complexity index is 1470. The molecule has 0 aliphatic carbocycles. The predicted octanol–water partition coefficient (Wildman–Crippen LogP) is 6.26. The molecule has 7 nitrogen and oxygen atoms in total. The van der Waals surface area contributed by atoms with Gasteiger partial charge in [-0.15, -0.1) is 0 Å². The Labute approximate surface area is 259 Å². The summed E-state index contributed by atoms with van der Waals surface area (Å²) in [5.41, 5.74) is 2.42. The van der Waals surface area contributed by atoms with Crippen molar-refractivity contribution in [3.63, 3.8) is 0 Å². The minimum absolute atomic E-state index is 0.0439. The van der Waals surface area contributed by atoms with Gasteiger partial charge in [0.2, 0.25) is 0 Å². The van der Waals surface area contributed by atoms with E-state index >= 15 is 0 Å². The van der Waals surface area contributed by atoms with Gasteiger partial charge in [-0.2, -0.15) is 0 Å². The van der Waals surface area contributed by atoms with Crippen LogP contribution in [0.5, 0.6) is 0 Å². The quantitative estimate of drug-likeness (QED) is 0.239. The lowest BCUT2D eigenvalue weighted by Gasteiger charge is -2.46. The van der Waals surface area contributed by atoms with E-state index in [0.29, 0.717) is 48.2 Å². The fraction of sp³-hybridized carbons (Fsp3) is 0.314. The second-order valence-electron chi connectivity index (χ2n) is 11.3. The monoisotopic (exact) mass is 601 g/mol. The Morgan fingerprint density at radius 2 is 1.16 bits per heavy atom. The van der Waals surface area contributed by atoms with Gasteiger partial charge in [0.1, 0.15) is 0 Å². The van der Waals surface area contributed by atoms with Gasteiger partial charge in [-0.25, -0.2) is 9.59 Å². The van der Waals surface area contributed by atoms with E-state index in [1.807, 2.05) is 67.5 Å². The van der Waals surface area contributed by atoms with Crippen molar-refractivity contribution in [3.8, 4) is 0 Å². The molecule has 3 aromatic carbocycles. The number of rotatable bonds is 13. The third-order valence-corrected chi connectivity index (χ3v) is 8.64. The summed E-state index contributed by atoms with van der Waals surface area (Å²) in [6.45, 7) is 6.38. The Morgan fingerprint density at radius 1 is 0.721 bits per heavy atom. The van der Waals surface area contributed by atoms with Crippen molar-refractivity contribution in [3.05, 3.63) is 129 Å². The second-order valence-corrected chi connectivity index (χ2v) is 11.7. The first-order valence-corrected chi connectivity index (χ1v) is 14.8. The lowest BCUT2D eigenvalue weighted by molar-refractivity contribution is -0.134. The molecule has 1 aliphatic rings. The van der Waals surface area contributed by atoms with Crippen LogP contribution in [0.4, 0.5) is 0 Å². The molecule has 0 amide bonds. The van der Waals surface area contributed by atoms with E-state index in [0.717, 1.165) is 17.7 Å². The van der Waals surface area contributed by atoms with Crippen LogP contribution in [-0.4, -0.2) is 70.6 Å². The first-order chi connectivity index (χ1) is 20.6. The molecule has 4 rings (SSSR count). The van der Waals surface area contributed by atoms with Crippen LogP contribution in [0.25, 0.3) is 0 Å². The largest absolute Gasteiger partial charge is 0.478 e. The minimum atomic E-state index is -1.47. The molecule has 8 heteroatoms. The van der Waals surface area contributed by atoms with Crippen molar-refractivity contribution in [2.45, 2.75) is 38.8 Å². The van der Waals surface area contributed by atoms with Gasteiger partial charge in [0, 0.05) is 42.6 Å². The Hall–Kier alpha value is -3.91. The molecular formula is C35H40ClN3O4. The molecule has 226 valence electrons. The molecule has 2 N–H and O–H groups in total. The summed E-state index contributed by atoms with van der Waals surface area (Å²) in [5.74, 6) is -2.31. The van der Waals surface area contributed by atoms with Gasteiger partial charge in [0.05, 0.1) is 16.6 Å². The van der Waals surface area contributed by atoms with Crippen LogP contribution in [0.1, 0.15) is 37.0 Å². The van der Waals surface area contributed by atoms with E-state index in [2.05, 4.69) is 21.9 Å². The van der Waals surface area contributed by atoms with Gasteiger partial charge in [-0.05, 0) is 63.7 Å². The lowest BCUT2D eigenvalue weighted by atomic mass is 9.63. The Morgan fingerprint density at radius 3 is 1.63 bits per heavy atom. The number of likely N-dealkylation sites (N-methyl/N-ethyl adjacent to an activating group) is 1. The van der Waals surface area contributed by atoms with Gasteiger partial charge in [0.25, 0.3) is 0 Å². The number of carboxylic acids is 2. The van der Waals surface area contributed by atoms with Crippen LogP contribution in [0.15, 0.2) is 107 Å². The maximum absolute atomic E-state index is 13.2. The van der Waals surface area contributed by atoms with E-state index in [-0.39, 0.29) is 17.6 Å². The van der Waals surface area contributed by atoms with Crippen LogP contribution in [-0.2, 0) is 28.1 Å². The summed E-state index contributed by atoms with van der Waals surface area (Å²) in [7, 11) is 3.96. The maximum Gasteiger partial charge on any atom is 0.334 e.